The molecule has 5 nitrogen and oxygen atoms in total. The number of nitrogens with one attached hydrogen (secondary N) is 1. The zero-order valence-electron chi connectivity index (χ0n) is 10.3. The fourth-order valence-electron chi connectivity index (χ4n) is 1.58. The van der Waals surface area contributed by atoms with E-state index in [0.717, 1.165) is 12.1 Å². The van der Waals surface area contributed by atoms with Gasteiger partial charge in [-0.25, -0.2) is 12.8 Å². The molecule has 1 N–H and O–H groups in total. The lowest BCUT2D eigenvalue weighted by Crippen LogP contribution is -2.24. The van der Waals surface area contributed by atoms with Gasteiger partial charge in [0.15, 0.2) is 0 Å². The molecule has 2 rings (SSSR count). The van der Waals surface area contributed by atoms with E-state index in [9.17, 15) is 22.7 Å². The van der Waals surface area contributed by atoms with Gasteiger partial charge < -0.3 is 9.90 Å². The van der Waals surface area contributed by atoms with Crippen LogP contribution < -0.4 is 9.83 Å². The van der Waals surface area contributed by atoms with Crippen molar-refractivity contribution in [3.8, 4) is 0 Å². The minimum Gasteiger partial charge on any atom is -0.545 e. The van der Waals surface area contributed by atoms with E-state index in [1.807, 2.05) is 0 Å². The number of para-hydroxylation sites is 1. The van der Waals surface area contributed by atoms with Crippen LogP contribution in [0, 0.1) is 5.82 Å². The number of halogens is 2. The second kappa shape index (κ2) is 5.82. The molecule has 110 valence electrons. The molecule has 0 saturated heterocycles. The topological polar surface area (TPSA) is 86.3 Å². The van der Waals surface area contributed by atoms with Crippen LogP contribution >= 0.6 is 15.9 Å². The SMILES string of the molecule is O=C([O-])c1cc(S(=O)(=O)Nc2ccccc2Br)ccc1F. The Hall–Kier alpha value is -1.93. The summed E-state index contributed by atoms with van der Waals surface area (Å²) in [6.45, 7) is 0. The molecule has 0 atom stereocenters. The van der Waals surface area contributed by atoms with E-state index in [4.69, 9.17) is 0 Å². The monoisotopic (exact) mass is 372 g/mol. The van der Waals surface area contributed by atoms with E-state index in [1.54, 1.807) is 18.2 Å². The first-order valence-corrected chi connectivity index (χ1v) is 7.87. The van der Waals surface area contributed by atoms with Gasteiger partial charge in [-0.3, -0.25) is 4.72 Å². The molecular weight excluding hydrogens is 365 g/mol. The maximum Gasteiger partial charge on any atom is 0.261 e. The smallest absolute Gasteiger partial charge is 0.261 e. The average molecular weight is 373 g/mol. The Morgan fingerprint density at radius 1 is 1.19 bits per heavy atom. The molecule has 0 aliphatic heterocycles. The number of anilines is 1. The van der Waals surface area contributed by atoms with Crippen LogP contribution in [0.4, 0.5) is 10.1 Å². The van der Waals surface area contributed by atoms with Gasteiger partial charge in [-0.05, 0) is 46.3 Å². The van der Waals surface area contributed by atoms with Crippen LogP contribution in [0.1, 0.15) is 10.4 Å². The zero-order valence-corrected chi connectivity index (χ0v) is 12.7. The van der Waals surface area contributed by atoms with Gasteiger partial charge in [-0.1, -0.05) is 12.1 Å². The van der Waals surface area contributed by atoms with Crippen LogP contribution in [0.15, 0.2) is 51.8 Å². The Bertz CT molecular complexity index is 808. The standard InChI is InChI=1S/C13H9BrFNO4S/c14-10-3-1-2-4-12(10)16-21(19,20)8-5-6-11(15)9(7-8)13(17)18/h1-7,16H,(H,17,18)/p-1. The molecule has 0 spiro atoms. The van der Waals surface area contributed by atoms with Crippen molar-refractivity contribution in [2.75, 3.05) is 4.72 Å². The summed E-state index contributed by atoms with van der Waals surface area (Å²) in [5.41, 5.74) is -0.540. The number of hydrogen-bond donors (Lipinski definition) is 1. The number of carbonyl (C=O) groups excluding carboxylic acids is 1. The summed E-state index contributed by atoms with van der Waals surface area (Å²) in [4.78, 5) is 10.4. The molecule has 0 aliphatic rings. The Morgan fingerprint density at radius 2 is 1.86 bits per heavy atom. The summed E-state index contributed by atoms with van der Waals surface area (Å²) in [5.74, 6) is -2.85. The number of sulfonamides is 1. The molecule has 0 unspecified atom stereocenters. The number of benzene rings is 2. The molecule has 8 heteroatoms. The molecule has 2 aromatic carbocycles. The van der Waals surface area contributed by atoms with Gasteiger partial charge in [0.05, 0.1) is 16.6 Å². The van der Waals surface area contributed by atoms with E-state index in [2.05, 4.69) is 20.7 Å². The van der Waals surface area contributed by atoms with Gasteiger partial charge in [0.1, 0.15) is 5.82 Å². The van der Waals surface area contributed by atoms with Crippen molar-refractivity contribution < 1.29 is 22.7 Å². The molecule has 0 fully saturated rings. The maximum absolute atomic E-state index is 13.3. The van der Waals surface area contributed by atoms with Crippen molar-refractivity contribution in [3.63, 3.8) is 0 Å². The molecular formula is C13H8BrFNO4S-. The minimum atomic E-state index is -4.05. The van der Waals surface area contributed by atoms with Crippen LogP contribution in [-0.2, 0) is 10.0 Å². The van der Waals surface area contributed by atoms with Crippen LogP contribution in [0.25, 0.3) is 0 Å². The molecule has 2 aromatic rings. The molecule has 0 aromatic heterocycles. The number of carbonyl (C=O) groups is 1. The molecule has 0 amide bonds. The highest BCUT2D eigenvalue weighted by atomic mass is 79.9. The lowest BCUT2D eigenvalue weighted by atomic mass is 10.2. The highest BCUT2D eigenvalue weighted by molar-refractivity contribution is 9.10. The molecule has 0 bridgehead atoms. The van der Waals surface area contributed by atoms with Crippen molar-refractivity contribution in [2.45, 2.75) is 4.90 Å². The van der Waals surface area contributed by atoms with Crippen molar-refractivity contribution >= 4 is 37.6 Å². The highest BCUT2D eigenvalue weighted by Gasteiger charge is 2.17. The van der Waals surface area contributed by atoms with E-state index in [0.29, 0.717) is 10.5 Å². The number of rotatable bonds is 4. The van der Waals surface area contributed by atoms with Gasteiger partial charge in [0.25, 0.3) is 10.0 Å². The molecule has 0 radical (unpaired) electrons. The molecule has 0 saturated carbocycles. The fraction of sp³-hybridized carbons (Fsp3) is 0. The Morgan fingerprint density at radius 3 is 2.48 bits per heavy atom. The van der Waals surface area contributed by atoms with Gasteiger partial charge in [0, 0.05) is 10.0 Å². The fourth-order valence-corrected chi connectivity index (χ4v) is 3.20. The van der Waals surface area contributed by atoms with Crippen LogP contribution in [0.3, 0.4) is 0 Å². The largest absolute Gasteiger partial charge is 0.545 e. The molecule has 0 aliphatic carbocycles. The lowest BCUT2D eigenvalue weighted by Gasteiger charge is -2.11. The van der Waals surface area contributed by atoms with Gasteiger partial charge in [-0.15, -0.1) is 0 Å². The first-order valence-electron chi connectivity index (χ1n) is 5.59. The normalized spacial score (nSPS) is 11.1. The predicted molar refractivity (Wildman–Crippen MR) is 75.7 cm³/mol. The van der Waals surface area contributed by atoms with E-state index < -0.39 is 27.4 Å². The first kappa shape index (κ1) is 15.5. The third-order valence-electron chi connectivity index (χ3n) is 2.59. The van der Waals surface area contributed by atoms with Crippen LogP contribution in [0.5, 0.6) is 0 Å². The van der Waals surface area contributed by atoms with Crippen LogP contribution in [-0.4, -0.2) is 14.4 Å². The second-order valence-electron chi connectivity index (χ2n) is 4.01. The Labute approximate surface area is 128 Å². The predicted octanol–water partition coefficient (Wildman–Crippen LogP) is 1.75. The van der Waals surface area contributed by atoms with Gasteiger partial charge >= 0.3 is 0 Å². The van der Waals surface area contributed by atoms with Crippen molar-refractivity contribution in [1.29, 1.82) is 0 Å². The van der Waals surface area contributed by atoms with Gasteiger partial charge in [-0.2, -0.15) is 0 Å². The van der Waals surface area contributed by atoms with Crippen molar-refractivity contribution in [2.24, 2.45) is 0 Å². The van der Waals surface area contributed by atoms with Crippen LogP contribution in [0.2, 0.25) is 0 Å². The number of hydrogen-bond acceptors (Lipinski definition) is 4. The molecule has 0 heterocycles. The summed E-state index contributed by atoms with van der Waals surface area (Å²) in [5, 5.41) is 10.7. The quantitative estimate of drug-likeness (QED) is 0.885. The van der Waals surface area contributed by atoms with Crippen molar-refractivity contribution in [3.05, 3.63) is 58.3 Å². The third-order valence-corrected chi connectivity index (χ3v) is 4.64. The lowest BCUT2D eigenvalue weighted by molar-refractivity contribution is -0.255. The Kier molecular flexibility index (Phi) is 4.29. The molecule has 21 heavy (non-hydrogen) atoms. The van der Waals surface area contributed by atoms with E-state index >= 15 is 0 Å². The minimum absolute atomic E-state index is 0.275. The van der Waals surface area contributed by atoms with E-state index in [1.165, 1.54) is 6.07 Å². The maximum atomic E-state index is 13.3. The first-order chi connectivity index (χ1) is 9.81. The summed E-state index contributed by atoms with van der Waals surface area (Å²) >= 11 is 3.18. The Balaban J connectivity index is 2.43. The van der Waals surface area contributed by atoms with Gasteiger partial charge in [0.2, 0.25) is 0 Å². The summed E-state index contributed by atoms with van der Waals surface area (Å²) in [7, 11) is -4.05. The second-order valence-corrected chi connectivity index (χ2v) is 6.55. The zero-order chi connectivity index (χ0) is 15.6. The summed E-state index contributed by atoms with van der Waals surface area (Å²) in [6, 6.07) is 8.93. The summed E-state index contributed by atoms with van der Waals surface area (Å²) < 4.78 is 40.4. The number of carboxylic acid groups (broad SMARTS) is 1. The number of aromatic carboxylic acids is 1. The average Bonchev–Trinajstić information content (AvgIpc) is 2.41. The van der Waals surface area contributed by atoms with E-state index in [-0.39, 0.29) is 10.6 Å². The third kappa shape index (κ3) is 3.40. The number of carboxylic acids is 1. The van der Waals surface area contributed by atoms with Crippen molar-refractivity contribution in [1.82, 2.24) is 0 Å². The summed E-state index contributed by atoms with van der Waals surface area (Å²) in [6.07, 6.45) is 0. The highest BCUT2D eigenvalue weighted by Crippen LogP contribution is 2.25.